The highest BCUT2D eigenvalue weighted by Crippen LogP contribution is 2.31. The number of nitrogens with zero attached hydrogens (tertiary/aromatic N) is 3. The van der Waals surface area contributed by atoms with Gasteiger partial charge in [0.05, 0.1) is 0 Å². The van der Waals surface area contributed by atoms with Crippen LogP contribution in [0.1, 0.15) is 26.7 Å². The second-order valence-corrected chi connectivity index (χ2v) is 5.53. The molecule has 18 heavy (non-hydrogen) atoms. The quantitative estimate of drug-likeness (QED) is 0.752. The summed E-state index contributed by atoms with van der Waals surface area (Å²) in [5.41, 5.74) is 0.150. The van der Waals surface area contributed by atoms with Gasteiger partial charge in [-0.05, 0) is 24.3 Å². The molecule has 0 radical (unpaired) electrons. The fourth-order valence-electron chi connectivity index (χ4n) is 2.15. The Morgan fingerprint density at radius 1 is 1.33 bits per heavy atom. The van der Waals surface area contributed by atoms with E-state index in [0.29, 0.717) is 11.7 Å². The number of carbonyl (C=O) groups excluding carboxylic acids is 1. The first kappa shape index (κ1) is 12.8. The summed E-state index contributed by atoms with van der Waals surface area (Å²) in [5.74, 6) is 0.784. The van der Waals surface area contributed by atoms with Crippen LogP contribution in [0.2, 0.25) is 0 Å². The largest absolute Gasteiger partial charge is 0.355 e. The van der Waals surface area contributed by atoms with Crippen molar-refractivity contribution in [1.29, 1.82) is 0 Å². The van der Waals surface area contributed by atoms with Gasteiger partial charge in [-0.1, -0.05) is 13.8 Å². The lowest BCUT2D eigenvalue weighted by Crippen LogP contribution is -2.39. The summed E-state index contributed by atoms with van der Waals surface area (Å²) in [7, 11) is 0. The van der Waals surface area contributed by atoms with E-state index in [2.05, 4.69) is 23.8 Å². The molecule has 1 aromatic rings. The molecule has 2 heterocycles. The molecule has 1 saturated heterocycles. The second kappa shape index (κ2) is 4.92. The molecule has 5 nitrogen and oxygen atoms in total. The zero-order chi connectivity index (χ0) is 13.2. The summed E-state index contributed by atoms with van der Waals surface area (Å²) >= 11 is 0. The van der Waals surface area contributed by atoms with Crippen LogP contribution in [0.5, 0.6) is 0 Å². The van der Waals surface area contributed by atoms with Gasteiger partial charge in [0.25, 0.3) is 5.56 Å². The molecule has 98 valence electrons. The van der Waals surface area contributed by atoms with Gasteiger partial charge in [0, 0.05) is 19.2 Å². The van der Waals surface area contributed by atoms with E-state index in [0.717, 1.165) is 31.7 Å². The normalized spacial score (nSPS) is 18.7. The smallest absolute Gasteiger partial charge is 0.267 e. The Hall–Kier alpha value is -1.65. The highest BCUT2D eigenvalue weighted by Gasteiger charge is 2.26. The van der Waals surface area contributed by atoms with Crippen LogP contribution in [0.25, 0.3) is 0 Å². The third-order valence-electron chi connectivity index (χ3n) is 3.54. The first-order chi connectivity index (χ1) is 8.52. The minimum Gasteiger partial charge on any atom is -0.355 e. The van der Waals surface area contributed by atoms with Crippen LogP contribution in [0.15, 0.2) is 16.9 Å². The highest BCUT2D eigenvalue weighted by molar-refractivity contribution is 5.49. The average molecular weight is 249 g/mol. The van der Waals surface area contributed by atoms with Crippen LogP contribution in [0.3, 0.4) is 0 Å². The van der Waals surface area contributed by atoms with E-state index in [1.807, 2.05) is 0 Å². The van der Waals surface area contributed by atoms with Crippen LogP contribution in [0, 0.1) is 5.41 Å². The second-order valence-electron chi connectivity index (χ2n) is 5.53. The number of piperidine rings is 1. The van der Waals surface area contributed by atoms with Crippen molar-refractivity contribution >= 4 is 12.1 Å². The fraction of sp³-hybridized carbons (Fsp3) is 0.615. The van der Waals surface area contributed by atoms with Crippen LogP contribution in [-0.4, -0.2) is 29.2 Å². The van der Waals surface area contributed by atoms with Crippen molar-refractivity contribution in [2.45, 2.75) is 33.2 Å². The molecule has 1 fully saturated rings. The summed E-state index contributed by atoms with van der Waals surface area (Å²) in [6.45, 7) is 6.45. The Balaban J connectivity index is 2.17. The monoisotopic (exact) mass is 249 g/mol. The van der Waals surface area contributed by atoms with Crippen molar-refractivity contribution in [3.05, 3.63) is 22.5 Å². The SMILES string of the molecule is CC1(C)CCN(c2ccc(=O)n(CC=O)n2)CC1. The molecule has 0 spiro atoms. The van der Waals surface area contributed by atoms with E-state index < -0.39 is 0 Å². The Labute approximate surface area is 106 Å². The van der Waals surface area contributed by atoms with Crippen molar-refractivity contribution in [2.75, 3.05) is 18.0 Å². The molecule has 5 heteroatoms. The Kier molecular flexibility index (Phi) is 3.50. The number of aldehydes is 1. The Morgan fingerprint density at radius 3 is 2.61 bits per heavy atom. The van der Waals surface area contributed by atoms with Gasteiger partial charge < -0.3 is 9.69 Å². The predicted molar refractivity (Wildman–Crippen MR) is 69.8 cm³/mol. The first-order valence-corrected chi connectivity index (χ1v) is 6.29. The number of hydrogen-bond donors (Lipinski definition) is 0. The number of carbonyl (C=O) groups is 1. The molecule has 0 amide bonds. The van der Waals surface area contributed by atoms with E-state index in [-0.39, 0.29) is 12.1 Å². The molecule has 1 aliphatic heterocycles. The molecule has 0 atom stereocenters. The topological polar surface area (TPSA) is 55.2 Å². The molecule has 0 aliphatic carbocycles. The van der Waals surface area contributed by atoms with Crippen molar-refractivity contribution in [1.82, 2.24) is 9.78 Å². The fourth-order valence-corrected chi connectivity index (χ4v) is 2.15. The summed E-state index contributed by atoms with van der Waals surface area (Å²) in [5, 5.41) is 4.23. The highest BCUT2D eigenvalue weighted by atomic mass is 16.1. The van der Waals surface area contributed by atoms with E-state index in [4.69, 9.17) is 0 Å². The third kappa shape index (κ3) is 2.78. The summed E-state index contributed by atoms with van der Waals surface area (Å²) in [6, 6.07) is 3.22. The van der Waals surface area contributed by atoms with Crippen LogP contribution >= 0.6 is 0 Å². The molecule has 1 aliphatic rings. The van der Waals surface area contributed by atoms with Gasteiger partial charge in [-0.15, -0.1) is 0 Å². The number of anilines is 1. The molecule has 0 unspecified atom stereocenters. The lowest BCUT2D eigenvalue weighted by Gasteiger charge is -2.37. The molecule has 0 aromatic carbocycles. The zero-order valence-corrected chi connectivity index (χ0v) is 10.9. The summed E-state index contributed by atoms with van der Waals surface area (Å²) in [4.78, 5) is 24.1. The number of rotatable bonds is 3. The maximum absolute atomic E-state index is 11.5. The molecular formula is C13H19N3O2. The Bertz CT molecular complexity index is 483. The molecule has 1 aromatic heterocycles. The van der Waals surface area contributed by atoms with Gasteiger partial charge in [-0.25, -0.2) is 4.68 Å². The number of aromatic nitrogens is 2. The molecular weight excluding hydrogens is 230 g/mol. The maximum Gasteiger partial charge on any atom is 0.267 e. The van der Waals surface area contributed by atoms with Gasteiger partial charge in [-0.3, -0.25) is 4.79 Å². The lowest BCUT2D eigenvalue weighted by atomic mass is 9.83. The molecule has 0 bridgehead atoms. The first-order valence-electron chi connectivity index (χ1n) is 6.29. The van der Waals surface area contributed by atoms with Crippen molar-refractivity contribution in [3.63, 3.8) is 0 Å². The average Bonchev–Trinajstić information content (AvgIpc) is 2.32. The van der Waals surface area contributed by atoms with E-state index in [1.54, 1.807) is 6.07 Å². The van der Waals surface area contributed by atoms with Crippen LogP contribution in [-0.2, 0) is 11.3 Å². The number of hydrogen-bond acceptors (Lipinski definition) is 4. The van der Waals surface area contributed by atoms with Crippen molar-refractivity contribution in [2.24, 2.45) is 5.41 Å². The molecule has 0 N–H and O–H groups in total. The van der Waals surface area contributed by atoms with Gasteiger partial charge in [-0.2, -0.15) is 5.10 Å². The minimum absolute atomic E-state index is 0.0198. The van der Waals surface area contributed by atoms with E-state index in [1.165, 1.54) is 10.7 Å². The van der Waals surface area contributed by atoms with Gasteiger partial charge in [0.1, 0.15) is 18.6 Å². The Morgan fingerprint density at radius 2 is 2.00 bits per heavy atom. The predicted octanol–water partition coefficient (Wildman–Crippen LogP) is 1.07. The zero-order valence-electron chi connectivity index (χ0n) is 10.9. The van der Waals surface area contributed by atoms with Crippen molar-refractivity contribution in [3.8, 4) is 0 Å². The van der Waals surface area contributed by atoms with Crippen molar-refractivity contribution < 1.29 is 4.79 Å². The molecule has 0 saturated carbocycles. The van der Waals surface area contributed by atoms with Gasteiger partial charge in [0.15, 0.2) is 0 Å². The molecule has 2 rings (SSSR count). The standard InChI is InChI=1S/C13H19N3O2/c1-13(2)5-7-15(8-6-13)11-3-4-12(18)16(14-11)9-10-17/h3-4,10H,5-9H2,1-2H3. The van der Waals surface area contributed by atoms with Gasteiger partial charge in [0.2, 0.25) is 0 Å². The van der Waals surface area contributed by atoms with E-state index in [9.17, 15) is 9.59 Å². The maximum atomic E-state index is 11.5. The minimum atomic E-state index is -0.233. The van der Waals surface area contributed by atoms with E-state index >= 15 is 0 Å². The third-order valence-corrected chi connectivity index (χ3v) is 3.54. The lowest BCUT2D eigenvalue weighted by molar-refractivity contribution is -0.108. The van der Waals surface area contributed by atoms with Crippen LogP contribution < -0.4 is 10.5 Å². The van der Waals surface area contributed by atoms with Gasteiger partial charge >= 0.3 is 0 Å². The summed E-state index contributed by atoms with van der Waals surface area (Å²) in [6.07, 6.45) is 2.92. The summed E-state index contributed by atoms with van der Waals surface area (Å²) < 4.78 is 1.21. The van der Waals surface area contributed by atoms with Crippen LogP contribution in [0.4, 0.5) is 5.82 Å².